The standard InChI is InChI=1S/C25H22FN5OS/c1-2-3-12-22-29-31-23(27)19(24(32)28-25(31)33-22)13-17-15-30(21-11-7-5-9-18(17)21)14-16-8-4-6-10-20(16)26/h4-11,13,15,27H,2-3,12,14H2,1H3. The summed E-state index contributed by atoms with van der Waals surface area (Å²) in [6, 6.07) is 14.5. The average molecular weight is 460 g/mol. The molecule has 5 rings (SSSR count). The summed E-state index contributed by atoms with van der Waals surface area (Å²) in [5.74, 6) is -0.684. The van der Waals surface area contributed by atoms with Gasteiger partial charge >= 0.3 is 0 Å². The molecule has 0 unspecified atom stereocenters. The van der Waals surface area contributed by atoms with E-state index < -0.39 is 5.91 Å². The van der Waals surface area contributed by atoms with Crippen LogP contribution in [-0.4, -0.2) is 31.5 Å². The van der Waals surface area contributed by atoms with Gasteiger partial charge in [-0.3, -0.25) is 10.2 Å². The number of benzene rings is 2. The fraction of sp³-hybridized carbons (Fsp3) is 0.200. The summed E-state index contributed by atoms with van der Waals surface area (Å²) in [5.41, 5.74) is 2.46. The number of hydrazone groups is 1. The lowest BCUT2D eigenvalue weighted by Gasteiger charge is -2.20. The van der Waals surface area contributed by atoms with E-state index in [1.54, 1.807) is 18.2 Å². The number of carbonyl (C=O) groups excluding carboxylic acids is 1. The third kappa shape index (κ3) is 4.02. The lowest BCUT2D eigenvalue weighted by atomic mass is 10.1. The van der Waals surface area contributed by atoms with Crippen molar-refractivity contribution in [3.05, 3.63) is 77.2 Å². The highest BCUT2D eigenvalue weighted by molar-refractivity contribution is 8.26. The van der Waals surface area contributed by atoms with Crippen molar-refractivity contribution in [3.63, 3.8) is 0 Å². The van der Waals surface area contributed by atoms with Crippen LogP contribution in [0.2, 0.25) is 0 Å². The summed E-state index contributed by atoms with van der Waals surface area (Å²) in [7, 11) is 0. The average Bonchev–Trinajstić information content (AvgIpc) is 3.38. The van der Waals surface area contributed by atoms with E-state index in [2.05, 4.69) is 17.0 Å². The molecule has 0 aliphatic carbocycles. The Kier molecular flexibility index (Phi) is 5.68. The highest BCUT2D eigenvalue weighted by Crippen LogP contribution is 2.31. The predicted octanol–water partition coefficient (Wildman–Crippen LogP) is 5.64. The molecule has 0 spiro atoms. The van der Waals surface area contributed by atoms with Crippen molar-refractivity contribution in [3.8, 4) is 0 Å². The van der Waals surface area contributed by atoms with Gasteiger partial charge in [-0.05, 0) is 42.8 Å². The first kappa shape index (κ1) is 21.3. The molecule has 2 aliphatic rings. The van der Waals surface area contributed by atoms with Crippen LogP contribution in [0.1, 0.15) is 37.3 Å². The molecule has 0 saturated carbocycles. The summed E-state index contributed by atoms with van der Waals surface area (Å²) in [6.07, 6.45) is 6.43. The second-order valence-electron chi connectivity index (χ2n) is 7.94. The minimum Gasteiger partial charge on any atom is -0.342 e. The van der Waals surface area contributed by atoms with Crippen LogP contribution in [0.3, 0.4) is 0 Å². The first-order chi connectivity index (χ1) is 16.0. The molecule has 6 nitrogen and oxygen atoms in total. The fourth-order valence-electron chi connectivity index (χ4n) is 3.95. The number of thioether (sulfide) groups is 1. The van der Waals surface area contributed by atoms with Crippen LogP contribution in [-0.2, 0) is 11.3 Å². The van der Waals surface area contributed by atoms with Gasteiger partial charge in [-0.2, -0.15) is 15.1 Å². The predicted molar refractivity (Wildman–Crippen MR) is 132 cm³/mol. The second kappa shape index (κ2) is 8.78. The Labute approximate surface area is 195 Å². The molecule has 0 atom stereocenters. The molecule has 3 heterocycles. The van der Waals surface area contributed by atoms with Gasteiger partial charge in [-0.1, -0.05) is 49.7 Å². The van der Waals surface area contributed by atoms with E-state index in [-0.39, 0.29) is 17.2 Å². The van der Waals surface area contributed by atoms with E-state index in [9.17, 15) is 9.18 Å². The normalized spacial score (nSPS) is 17.0. The Bertz CT molecular complexity index is 1370. The van der Waals surface area contributed by atoms with Crippen molar-refractivity contribution in [2.45, 2.75) is 32.7 Å². The molecular weight excluding hydrogens is 437 g/mol. The maximum absolute atomic E-state index is 14.3. The number of fused-ring (bicyclic) bond motifs is 2. The van der Waals surface area contributed by atoms with Crippen LogP contribution in [0.4, 0.5) is 4.39 Å². The number of halogens is 1. The number of nitrogens with one attached hydrogen (secondary N) is 1. The molecule has 0 bridgehead atoms. The summed E-state index contributed by atoms with van der Waals surface area (Å²) in [5, 5.41) is 16.8. The highest BCUT2D eigenvalue weighted by Gasteiger charge is 2.35. The van der Waals surface area contributed by atoms with Crippen LogP contribution in [0.5, 0.6) is 0 Å². The van der Waals surface area contributed by atoms with Crippen LogP contribution in [0.15, 0.2) is 70.4 Å². The van der Waals surface area contributed by atoms with Gasteiger partial charge in [0.05, 0.1) is 12.1 Å². The third-order valence-corrected chi connectivity index (χ3v) is 6.63. The molecule has 2 aliphatic heterocycles. The van der Waals surface area contributed by atoms with Gasteiger partial charge in [0.1, 0.15) is 10.9 Å². The van der Waals surface area contributed by atoms with Gasteiger partial charge in [0.15, 0.2) is 5.84 Å². The third-order valence-electron chi connectivity index (χ3n) is 5.66. The number of hydrogen-bond donors (Lipinski definition) is 1. The lowest BCUT2D eigenvalue weighted by Crippen LogP contribution is -2.35. The highest BCUT2D eigenvalue weighted by atomic mass is 32.2. The van der Waals surface area contributed by atoms with E-state index in [0.29, 0.717) is 17.3 Å². The fourth-order valence-corrected chi connectivity index (χ4v) is 4.87. The van der Waals surface area contributed by atoms with Crippen molar-refractivity contribution < 1.29 is 9.18 Å². The molecule has 0 saturated heterocycles. The van der Waals surface area contributed by atoms with E-state index in [1.807, 2.05) is 41.1 Å². The van der Waals surface area contributed by atoms with Crippen LogP contribution >= 0.6 is 11.8 Å². The number of carbonyl (C=O) groups is 1. The molecule has 8 heteroatoms. The monoisotopic (exact) mass is 459 g/mol. The van der Waals surface area contributed by atoms with Crippen molar-refractivity contribution in [1.29, 1.82) is 5.41 Å². The molecule has 1 N–H and O–H groups in total. The minimum absolute atomic E-state index is 0.0231. The van der Waals surface area contributed by atoms with Crippen molar-refractivity contribution in [2.75, 3.05) is 0 Å². The number of nitrogens with zero attached hydrogens (tertiary/aromatic N) is 4. The number of unbranched alkanes of at least 4 members (excludes halogenated alkanes) is 1. The molecule has 0 fully saturated rings. The number of amidine groups is 2. The quantitative estimate of drug-likeness (QED) is 0.485. The number of amides is 1. The first-order valence-electron chi connectivity index (χ1n) is 10.9. The minimum atomic E-state index is -0.448. The summed E-state index contributed by atoms with van der Waals surface area (Å²) < 4.78 is 16.2. The number of aliphatic imine (C=N–C) groups is 1. The molecule has 166 valence electrons. The molecule has 1 amide bonds. The molecule has 0 radical (unpaired) electrons. The molecule has 33 heavy (non-hydrogen) atoms. The summed E-state index contributed by atoms with van der Waals surface area (Å²) >= 11 is 1.36. The maximum atomic E-state index is 14.3. The SMILES string of the molecule is CCCCC1=NN2C(=N)C(=Cc3cn(Cc4ccccc4F)c4ccccc34)C(=O)N=C2S1. The lowest BCUT2D eigenvalue weighted by molar-refractivity contribution is -0.114. The number of rotatable bonds is 6. The van der Waals surface area contributed by atoms with E-state index in [1.165, 1.54) is 22.8 Å². The van der Waals surface area contributed by atoms with E-state index in [0.717, 1.165) is 40.8 Å². The smallest absolute Gasteiger partial charge is 0.283 e. The van der Waals surface area contributed by atoms with Crippen molar-refractivity contribution in [1.82, 2.24) is 9.58 Å². The van der Waals surface area contributed by atoms with Crippen LogP contribution < -0.4 is 0 Å². The largest absolute Gasteiger partial charge is 0.342 e. The van der Waals surface area contributed by atoms with Gasteiger partial charge < -0.3 is 4.57 Å². The van der Waals surface area contributed by atoms with Gasteiger partial charge in [0.25, 0.3) is 5.91 Å². The summed E-state index contributed by atoms with van der Waals surface area (Å²) in [4.78, 5) is 17.0. The van der Waals surface area contributed by atoms with Gasteiger partial charge in [-0.15, -0.1) is 0 Å². The number of aromatic nitrogens is 1. The zero-order valence-electron chi connectivity index (χ0n) is 18.1. The zero-order chi connectivity index (χ0) is 22.9. The summed E-state index contributed by atoms with van der Waals surface area (Å²) in [6.45, 7) is 2.47. The molecular formula is C25H22FN5OS. The number of hydrogen-bond acceptors (Lipinski definition) is 4. The Morgan fingerprint density at radius 2 is 1.94 bits per heavy atom. The van der Waals surface area contributed by atoms with Gasteiger partial charge in [0, 0.05) is 28.2 Å². The molecule has 1 aromatic heterocycles. The van der Waals surface area contributed by atoms with Crippen molar-refractivity contribution >= 4 is 50.7 Å². The molecule has 3 aromatic rings. The maximum Gasteiger partial charge on any atom is 0.283 e. The van der Waals surface area contributed by atoms with Gasteiger partial charge in [0.2, 0.25) is 5.17 Å². The Hall–Kier alpha value is -3.52. The first-order valence-corrected chi connectivity index (χ1v) is 11.7. The van der Waals surface area contributed by atoms with Gasteiger partial charge in [-0.25, -0.2) is 4.39 Å². The van der Waals surface area contributed by atoms with Crippen LogP contribution in [0, 0.1) is 11.2 Å². The molecule has 2 aromatic carbocycles. The van der Waals surface area contributed by atoms with Crippen LogP contribution in [0.25, 0.3) is 17.0 Å². The Morgan fingerprint density at radius 3 is 2.76 bits per heavy atom. The topological polar surface area (TPSA) is 73.8 Å². The van der Waals surface area contributed by atoms with Crippen molar-refractivity contribution in [2.24, 2.45) is 10.1 Å². The number of para-hydroxylation sites is 1. The van der Waals surface area contributed by atoms with E-state index >= 15 is 0 Å². The second-order valence-corrected chi connectivity index (χ2v) is 8.98. The van der Waals surface area contributed by atoms with E-state index in [4.69, 9.17) is 5.41 Å². The zero-order valence-corrected chi connectivity index (χ0v) is 18.9. The Balaban J connectivity index is 1.52. The Morgan fingerprint density at radius 1 is 1.15 bits per heavy atom.